The molecule has 2 N–H and O–H groups in total. The third kappa shape index (κ3) is 3.16. The van der Waals surface area contributed by atoms with Gasteiger partial charge in [-0.3, -0.25) is 0 Å². The fourth-order valence-electron chi connectivity index (χ4n) is 1.24. The SMILES string of the molecule is CNC(=O)NC(C)c1ccc(OC)cc1. The number of ether oxygens (including phenoxy) is 1. The molecule has 1 rings (SSSR count). The Hall–Kier alpha value is -1.71. The van der Waals surface area contributed by atoms with Crippen molar-refractivity contribution in [1.82, 2.24) is 10.6 Å². The summed E-state index contributed by atoms with van der Waals surface area (Å²) in [6, 6.07) is 7.40. The second-order valence-electron chi connectivity index (χ2n) is 3.22. The second-order valence-corrected chi connectivity index (χ2v) is 3.22. The summed E-state index contributed by atoms with van der Waals surface area (Å²) in [4.78, 5) is 11.1. The van der Waals surface area contributed by atoms with E-state index < -0.39 is 0 Å². The third-order valence-electron chi connectivity index (χ3n) is 2.19. The largest absolute Gasteiger partial charge is 0.497 e. The maximum absolute atomic E-state index is 11.1. The molecule has 0 aliphatic carbocycles. The molecule has 0 bridgehead atoms. The van der Waals surface area contributed by atoms with Crippen molar-refractivity contribution >= 4 is 6.03 Å². The summed E-state index contributed by atoms with van der Waals surface area (Å²) in [5.74, 6) is 0.811. The van der Waals surface area contributed by atoms with Crippen molar-refractivity contribution in [3.8, 4) is 5.75 Å². The van der Waals surface area contributed by atoms with Gasteiger partial charge in [-0.15, -0.1) is 0 Å². The molecule has 1 aromatic carbocycles. The lowest BCUT2D eigenvalue weighted by Gasteiger charge is -2.14. The van der Waals surface area contributed by atoms with Gasteiger partial charge in [0, 0.05) is 7.05 Å². The molecule has 82 valence electrons. The Morgan fingerprint density at radius 1 is 1.33 bits per heavy atom. The van der Waals surface area contributed by atoms with E-state index in [1.165, 1.54) is 0 Å². The molecule has 0 aliphatic rings. The molecule has 4 nitrogen and oxygen atoms in total. The minimum Gasteiger partial charge on any atom is -0.497 e. The molecule has 1 unspecified atom stereocenters. The van der Waals surface area contributed by atoms with E-state index in [0.29, 0.717) is 0 Å². The van der Waals surface area contributed by atoms with Crippen molar-refractivity contribution in [2.24, 2.45) is 0 Å². The van der Waals surface area contributed by atoms with Gasteiger partial charge in [-0.2, -0.15) is 0 Å². The maximum atomic E-state index is 11.1. The van der Waals surface area contributed by atoms with E-state index in [1.54, 1.807) is 14.2 Å². The Balaban J connectivity index is 2.65. The van der Waals surface area contributed by atoms with E-state index in [9.17, 15) is 4.79 Å². The van der Waals surface area contributed by atoms with Crippen molar-refractivity contribution in [3.05, 3.63) is 29.8 Å². The molecule has 0 aliphatic heterocycles. The lowest BCUT2D eigenvalue weighted by molar-refractivity contribution is 0.240. The van der Waals surface area contributed by atoms with E-state index in [-0.39, 0.29) is 12.1 Å². The first-order chi connectivity index (χ1) is 7.17. The van der Waals surface area contributed by atoms with Crippen LogP contribution in [-0.2, 0) is 0 Å². The molecule has 0 heterocycles. The molecular formula is C11H16N2O2. The molecule has 0 saturated carbocycles. The number of benzene rings is 1. The van der Waals surface area contributed by atoms with E-state index >= 15 is 0 Å². The predicted octanol–water partition coefficient (Wildman–Crippen LogP) is 1.69. The van der Waals surface area contributed by atoms with Crippen molar-refractivity contribution in [3.63, 3.8) is 0 Å². The number of carbonyl (C=O) groups is 1. The molecule has 15 heavy (non-hydrogen) atoms. The van der Waals surface area contributed by atoms with E-state index in [4.69, 9.17) is 4.74 Å². The van der Waals surface area contributed by atoms with Gasteiger partial charge < -0.3 is 15.4 Å². The fourth-order valence-corrected chi connectivity index (χ4v) is 1.24. The summed E-state index contributed by atoms with van der Waals surface area (Å²) in [6.07, 6.45) is 0. The van der Waals surface area contributed by atoms with Gasteiger partial charge in [-0.1, -0.05) is 12.1 Å². The average molecular weight is 208 g/mol. The monoisotopic (exact) mass is 208 g/mol. The van der Waals surface area contributed by atoms with Gasteiger partial charge in [0.1, 0.15) is 5.75 Å². The number of nitrogens with one attached hydrogen (secondary N) is 2. The van der Waals surface area contributed by atoms with Crippen LogP contribution in [0.4, 0.5) is 4.79 Å². The van der Waals surface area contributed by atoms with Crippen LogP contribution in [0.3, 0.4) is 0 Å². The van der Waals surface area contributed by atoms with E-state index in [1.807, 2.05) is 31.2 Å². The number of carbonyl (C=O) groups excluding carboxylic acids is 1. The summed E-state index contributed by atoms with van der Waals surface area (Å²) in [7, 11) is 3.22. The third-order valence-corrected chi connectivity index (χ3v) is 2.19. The highest BCUT2D eigenvalue weighted by molar-refractivity contribution is 5.73. The molecule has 0 saturated heterocycles. The summed E-state index contributed by atoms with van der Waals surface area (Å²) in [5.41, 5.74) is 1.04. The summed E-state index contributed by atoms with van der Waals surface area (Å²) >= 11 is 0. The van der Waals surface area contributed by atoms with Crippen LogP contribution in [-0.4, -0.2) is 20.2 Å². The Morgan fingerprint density at radius 2 is 1.93 bits per heavy atom. The highest BCUT2D eigenvalue weighted by Gasteiger charge is 2.07. The Kier molecular flexibility index (Phi) is 3.97. The van der Waals surface area contributed by atoms with E-state index in [0.717, 1.165) is 11.3 Å². The molecular weight excluding hydrogens is 192 g/mol. The van der Waals surface area contributed by atoms with Gasteiger partial charge in [0.05, 0.1) is 13.2 Å². The number of urea groups is 1. The molecule has 0 radical (unpaired) electrons. The van der Waals surface area contributed by atoms with Gasteiger partial charge in [0.15, 0.2) is 0 Å². The second kappa shape index (κ2) is 5.24. The first-order valence-corrected chi connectivity index (χ1v) is 4.79. The minimum atomic E-state index is -0.182. The average Bonchev–Trinajstić information content (AvgIpc) is 2.29. The number of methoxy groups -OCH3 is 1. The van der Waals surface area contributed by atoms with Crippen molar-refractivity contribution in [2.75, 3.05) is 14.2 Å². The Bertz CT molecular complexity index is 322. The molecule has 0 fully saturated rings. The van der Waals surface area contributed by atoms with Crippen LogP contribution in [0.2, 0.25) is 0 Å². The van der Waals surface area contributed by atoms with Crippen LogP contribution in [0.5, 0.6) is 5.75 Å². The van der Waals surface area contributed by atoms with Gasteiger partial charge >= 0.3 is 6.03 Å². The number of rotatable bonds is 3. The molecule has 1 atom stereocenters. The van der Waals surface area contributed by atoms with Gasteiger partial charge in [-0.25, -0.2) is 4.79 Å². The van der Waals surface area contributed by atoms with Crippen molar-refractivity contribution in [2.45, 2.75) is 13.0 Å². The lowest BCUT2D eigenvalue weighted by Crippen LogP contribution is -2.34. The van der Waals surface area contributed by atoms with Crippen LogP contribution in [0, 0.1) is 0 Å². The topological polar surface area (TPSA) is 50.4 Å². The zero-order chi connectivity index (χ0) is 11.3. The van der Waals surface area contributed by atoms with Crippen LogP contribution in [0.15, 0.2) is 24.3 Å². The Labute approximate surface area is 89.6 Å². The highest BCUT2D eigenvalue weighted by Crippen LogP contribution is 2.16. The summed E-state index contributed by atoms with van der Waals surface area (Å²) in [6.45, 7) is 1.93. The zero-order valence-electron chi connectivity index (χ0n) is 9.20. The predicted molar refractivity (Wildman–Crippen MR) is 59.0 cm³/mol. The van der Waals surface area contributed by atoms with Crippen LogP contribution < -0.4 is 15.4 Å². The van der Waals surface area contributed by atoms with Crippen molar-refractivity contribution in [1.29, 1.82) is 0 Å². The van der Waals surface area contributed by atoms with Crippen LogP contribution >= 0.6 is 0 Å². The molecule has 0 spiro atoms. The standard InChI is InChI=1S/C11H16N2O2/c1-8(13-11(14)12-2)9-4-6-10(15-3)7-5-9/h4-8H,1-3H3,(H2,12,13,14). The molecule has 0 aromatic heterocycles. The summed E-state index contributed by atoms with van der Waals surface area (Å²) < 4.78 is 5.05. The fraction of sp³-hybridized carbons (Fsp3) is 0.364. The first kappa shape index (κ1) is 11.4. The van der Waals surface area contributed by atoms with Crippen LogP contribution in [0.1, 0.15) is 18.5 Å². The quantitative estimate of drug-likeness (QED) is 0.794. The maximum Gasteiger partial charge on any atom is 0.315 e. The normalized spacial score (nSPS) is 11.7. The zero-order valence-corrected chi connectivity index (χ0v) is 9.20. The first-order valence-electron chi connectivity index (χ1n) is 4.79. The smallest absolute Gasteiger partial charge is 0.315 e. The number of hydrogen-bond acceptors (Lipinski definition) is 2. The molecule has 1 aromatic rings. The number of hydrogen-bond donors (Lipinski definition) is 2. The van der Waals surface area contributed by atoms with Gasteiger partial charge in [-0.05, 0) is 24.6 Å². The van der Waals surface area contributed by atoms with Crippen molar-refractivity contribution < 1.29 is 9.53 Å². The summed E-state index contributed by atoms with van der Waals surface area (Å²) in [5, 5.41) is 5.31. The minimum absolute atomic E-state index is 0.0177. The molecule has 4 heteroatoms. The number of amides is 2. The van der Waals surface area contributed by atoms with Crippen LogP contribution in [0.25, 0.3) is 0 Å². The van der Waals surface area contributed by atoms with Gasteiger partial charge in [0.25, 0.3) is 0 Å². The van der Waals surface area contributed by atoms with Gasteiger partial charge in [0.2, 0.25) is 0 Å². The Morgan fingerprint density at radius 3 is 2.40 bits per heavy atom. The van der Waals surface area contributed by atoms with E-state index in [2.05, 4.69) is 10.6 Å². The lowest BCUT2D eigenvalue weighted by atomic mass is 10.1. The molecule has 2 amide bonds. The highest BCUT2D eigenvalue weighted by atomic mass is 16.5.